The van der Waals surface area contributed by atoms with Crippen molar-refractivity contribution in [3.8, 4) is 0 Å². The number of amides is 2. The Morgan fingerprint density at radius 3 is 2.82 bits per heavy atom. The summed E-state index contributed by atoms with van der Waals surface area (Å²) in [5.41, 5.74) is -0.790. The molecule has 148 valence electrons. The van der Waals surface area contributed by atoms with Crippen molar-refractivity contribution in [2.45, 2.75) is 19.0 Å². The summed E-state index contributed by atoms with van der Waals surface area (Å²) in [5.74, 6) is 0.239. The first-order chi connectivity index (χ1) is 13.2. The fraction of sp³-hybridized carbons (Fsp3) is 0.278. The summed E-state index contributed by atoms with van der Waals surface area (Å²) in [6.07, 6.45) is 0.265. The monoisotopic (exact) mass is 444 g/mol. The van der Waals surface area contributed by atoms with Crippen molar-refractivity contribution in [3.63, 3.8) is 0 Å². The Morgan fingerprint density at radius 2 is 2.14 bits per heavy atom. The van der Waals surface area contributed by atoms with Gasteiger partial charge in [0.1, 0.15) is 4.32 Å². The summed E-state index contributed by atoms with van der Waals surface area (Å²) >= 11 is 8.08. The molecule has 1 saturated heterocycles. The molecule has 0 radical (unpaired) electrons. The second-order valence-electron chi connectivity index (χ2n) is 5.95. The summed E-state index contributed by atoms with van der Waals surface area (Å²) < 4.78 is 38.6. The number of alkyl halides is 3. The Kier molecular flexibility index (Phi) is 6.51. The molecule has 0 aliphatic carbocycles. The van der Waals surface area contributed by atoms with Crippen molar-refractivity contribution in [1.82, 2.24) is 4.90 Å². The van der Waals surface area contributed by atoms with Gasteiger partial charge in [-0.25, -0.2) is 0 Å². The first-order valence-corrected chi connectivity index (χ1v) is 10.5. The number of benzene rings is 1. The molecule has 0 spiro atoms. The van der Waals surface area contributed by atoms with Gasteiger partial charge in [-0.05, 0) is 30.7 Å². The number of anilines is 1. The van der Waals surface area contributed by atoms with Crippen LogP contribution in [-0.4, -0.2) is 33.3 Å². The topological polar surface area (TPSA) is 49.4 Å². The number of allylic oxidation sites excluding steroid dienone is 2. The lowest BCUT2D eigenvalue weighted by Gasteiger charge is -2.14. The van der Waals surface area contributed by atoms with Crippen LogP contribution >= 0.6 is 35.7 Å². The second kappa shape index (κ2) is 8.71. The molecule has 28 heavy (non-hydrogen) atoms. The lowest BCUT2D eigenvalue weighted by Crippen LogP contribution is -2.31. The molecule has 2 aliphatic rings. The molecule has 1 fully saturated rings. The largest absolute Gasteiger partial charge is 0.416 e. The number of thiocarbonyl (C=S) groups is 1. The minimum absolute atomic E-state index is 0.0512. The molecular weight excluding hydrogens is 429 g/mol. The van der Waals surface area contributed by atoms with Crippen LogP contribution in [0.1, 0.15) is 18.4 Å². The highest BCUT2D eigenvalue weighted by atomic mass is 32.2. The zero-order valence-electron chi connectivity index (χ0n) is 14.4. The first-order valence-electron chi connectivity index (χ1n) is 8.29. The van der Waals surface area contributed by atoms with E-state index >= 15 is 0 Å². The maximum Gasteiger partial charge on any atom is 0.416 e. The zero-order valence-corrected chi connectivity index (χ0v) is 16.9. The molecule has 0 bridgehead atoms. The van der Waals surface area contributed by atoms with Gasteiger partial charge in [-0.2, -0.15) is 13.2 Å². The molecule has 2 amide bonds. The van der Waals surface area contributed by atoms with Crippen LogP contribution in [0.5, 0.6) is 0 Å². The van der Waals surface area contributed by atoms with E-state index in [-0.39, 0.29) is 24.6 Å². The van der Waals surface area contributed by atoms with Crippen molar-refractivity contribution in [1.29, 1.82) is 0 Å². The molecule has 1 N–H and O–H groups in total. The second-order valence-corrected chi connectivity index (χ2v) is 8.80. The lowest BCUT2D eigenvalue weighted by molar-refractivity contribution is -0.137. The highest BCUT2D eigenvalue weighted by Gasteiger charge is 2.33. The minimum atomic E-state index is -4.48. The Morgan fingerprint density at radius 1 is 1.36 bits per heavy atom. The van der Waals surface area contributed by atoms with Gasteiger partial charge >= 0.3 is 6.18 Å². The first kappa shape index (κ1) is 20.9. The van der Waals surface area contributed by atoms with Crippen molar-refractivity contribution in [2.75, 3.05) is 17.6 Å². The van der Waals surface area contributed by atoms with E-state index in [9.17, 15) is 22.8 Å². The van der Waals surface area contributed by atoms with E-state index in [0.29, 0.717) is 9.23 Å². The maximum absolute atomic E-state index is 12.7. The van der Waals surface area contributed by atoms with Gasteiger partial charge in [-0.15, -0.1) is 11.8 Å². The molecule has 2 aliphatic heterocycles. The SMILES string of the molecule is O=C(CCN1C(=O)/C(=C\C2=CCCS2)SC1=S)Nc1cccc(C(F)(F)F)c1. The van der Waals surface area contributed by atoms with Gasteiger partial charge in [0.2, 0.25) is 5.91 Å². The van der Waals surface area contributed by atoms with Crippen molar-refractivity contribution >= 4 is 57.6 Å². The van der Waals surface area contributed by atoms with E-state index in [4.69, 9.17) is 12.2 Å². The van der Waals surface area contributed by atoms with Crippen LogP contribution in [0.2, 0.25) is 0 Å². The summed E-state index contributed by atoms with van der Waals surface area (Å²) in [5, 5.41) is 2.42. The molecular formula is C18H15F3N2O2S3. The number of nitrogens with one attached hydrogen (secondary N) is 1. The number of hydrogen-bond acceptors (Lipinski definition) is 5. The van der Waals surface area contributed by atoms with Crippen molar-refractivity contribution in [2.24, 2.45) is 0 Å². The van der Waals surface area contributed by atoms with Crippen LogP contribution in [0.25, 0.3) is 0 Å². The molecule has 0 saturated carbocycles. The van der Waals surface area contributed by atoms with Crippen LogP contribution in [0.3, 0.4) is 0 Å². The average molecular weight is 445 g/mol. The predicted octanol–water partition coefficient (Wildman–Crippen LogP) is 4.80. The number of carbonyl (C=O) groups is 2. The van der Waals surface area contributed by atoms with Gasteiger partial charge in [0, 0.05) is 29.3 Å². The molecule has 1 aromatic carbocycles. The summed E-state index contributed by atoms with van der Waals surface area (Å²) in [6.45, 7) is 0.0684. The third-order valence-electron chi connectivity index (χ3n) is 3.92. The molecule has 4 nitrogen and oxygen atoms in total. The zero-order chi connectivity index (χ0) is 20.3. The highest BCUT2D eigenvalue weighted by Crippen LogP contribution is 2.35. The molecule has 1 aromatic rings. The van der Waals surface area contributed by atoms with Gasteiger partial charge in [0.15, 0.2) is 0 Å². The molecule has 10 heteroatoms. The third kappa shape index (κ3) is 5.18. The number of rotatable bonds is 5. The Bertz CT molecular complexity index is 881. The van der Waals surface area contributed by atoms with Crippen LogP contribution in [0.15, 0.2) is 46.2 Å². The van der Waals surface area contributed by atoms with E-state index in [2.05, 4.69) is 11.4 Å². The normalized spacial score (nSPS) is 18.8. The van der Waals surface area contributed by atoms with Crippen LogP contribution in [0.4, 0.5) is 18.9 Å². The Labute approximate surface area is 173 Å². The Hall–Kier alpha value is -1.78. The fourth-order valence-corrected chi connectivity index (χ4v) is 4.85. The predicted molar refractivity (Wildman–Crippen MR) is 110 cm³/mol. The smallest absolute Gasteiger partial charge is 0.326 e. The number of thioether (sulfide) groups is 2. The molecule has 0 atom stereocenters. The fourth-order valence-electron chi connectivity index (χ4n) is 2.57. The Balaban J connectivity index is 1.57. The molecule has 3 rings (SSSR count). The number of halogens is 3. The number of carbonyl (C=O) groups excluding carboxylic acids is 2. The number of hydrogen-bond donors (Lipinski definition) is 1. The summed E-state index contributed by atoms with van der Waals surface area (Å²) in [6, 6.07) is 4.40. The minimum Gasteiger partial charge on any atom is -0.326 e. The van der Waals surface area contributed by atoms with Gasteiger partial charge in [0.05, 0.1) is 10.5 Å². The lowest BCUT2D eigenvalue weighted by atomic mass is 10.2. The van der Waals surface area contributed by atoms with Crippen molar-refractivity contribution < 1.29 is 22.8 Å². The number of nitrogens with zero attached hydrogens (tertiary/aromatic N) is 1. The summed E-state index contributed by atoms with van der Waals surface area (Å²) in [4.78, 5) is 27.5. The van der Waals surface area contributed by atoms with Gasteiger partial charge in [-0.3, -0.25) is 14.5 Å². The quantitative estimate of drug-likeness (QED) is 0.522. The van der Waals surface area contributed by atoms with Gasteiger partial charge in [-0.1, -0.05) is 36.1 Å². The van der Waals surface area contributed by atoms with Gasteiger partial charge < -0.3 is 5.32 Å². The van der Waals surface area contributed by atoms with E-state index in [0.717, 1.165) is 29.2 Å². The van der Waals surface area contributed by atoms with E-state index in [1.54, 1.807) is 17.8 Å². The van der Waals surface area contributed by atoms with Crippen LogP contribution in [0, 0.1) is 0 Å². The molecule has 0 unspecified atom stereocenters. The van der Waals surface area contributed by atoms with E-state index in [1.165, 1.54) is 28.8 Å². The molecule has 0 aromatic heterocycles. The highest BCUT2D eigenvalue weighted by molar-refractivity contribution is 8.26. The van der Waals surface area contributed by atoms with Gasteiger partial charge in [0.25, 0.3) is 5.91 Å². The third-order valence-corrected chi connectivity index (χ3v) is 6.35. The molecule has 2 heterocycles. The van der Waals surface area contributed by atoms with Crippen LogP contribution < -0.4 is 5.32 Å². The standard InChI is InChI=1S/C18H15F3N2O2S3/c19-18(20,21)11-3-1-4-12(9-11)22-15(24)6-7-23-16(25)14(28-17(23)26)10-13-5-2-8-27-13/h1,3-5,9-10H,2,6-8H2,(H,22,24)/b14-10+. The summed E-state index contributed by atoms with van der Waals surface area (Å²) in [7, 11) is 0. The average Bonchev–Trinajstić information content (AvgIpc) is 3.22. The van der Waals surface area contributed by atoms with Crippen LogP contribution in [-0.2, 0) is 15.8 Å². The maximum atomic E-state index is 12.7. The van der Waals surface area contributed by atoms with E-state index in [1.807, 2.05) is 0 Å². The van der Waals surface area contributed by atoms with Crippen molar-refractivity contribution in [3.05, 3.63) is 51.8 Å². The van der Waals surface area contributed by atoms with E-state index < -0.39 is 17.6 Å².